The van der Waals surface area contributed by atoms with Crippen LogP contribution in [0.2, 0.25) is 0 Å². The van der Waals surface area contributed by atoms with Crippen LogP contribution in [0.3, 0.4) is 0 Å². The molecule has 0 atom stereocenters. The molecule has 0 spiro atoms. The number of nitrogens with one attached hydrogen (secondary N) is 2. The van der Waals surface area contributed by atoms with Gasteiger partial charge in [0.25, 0.3) is 5.91 Å². The van der Waals surface area contributed by atoms with Crippen molar-refractivity contribution in [3.05, 3.63) is 41.4 Å². The molecule has 6 heteroatoms. The van der Waals surface area contributed by atoms with E-state index in [2.05, 4.69) is 15.6 Å². The highest BCUT2D eigenvalue weighted by Crippen LogP contribution is 2.18. The summed E-state index contributed by atoms with van der Waals surface area (Å²) in [6.45, 7) is 1.40. The molecule has 1 heterocycles. The maximum Gasteiger partial charge on any atom is 0.259 e. The highest BCUT2D eigenvalue weighted by Gasteiger charge is 2.12. The molecule has 2 amide bonds. The van der Waals surface area contributed by atoms with E-state index in [0.717, 1.165) is 0 Å². The lowest BCUT2D eigenvalue weighted by molar-refractivity contribution is -0.114. The second kappa shape index (κ2) is 5.42. The quantitative estimate of drug-likeness (QED) is 0.891. The molecule has 0 radical (unpaired) electrons. The fraction of sp³-hybridized carbons (Fsp3) is 0.0833. The summed E-state index contributed by atoms with van der Waals surface area (Å²) in [6, 6.07) is 6.82. The molecule has 2 aromatic rings. The summed E-state index contributed by atoms with van der Waals surface area (Å²) >= 11 is 1.34. The summed E-state index contributed by atoms with van der Waals surface area (Å²) < 4.78 is 0. The largest absolute Gasteiger partial charge is 0.326 e. The minimum Gasteiger partial charge on any atom is -0.326 e. The zero-order valence-corrected chi connectivity index (χ0v) is 10.5. The van der Waals surface area contributed by atoms with E-state index in [0.29, 0.717) is 16.4 Å². The highest BCUT2D eigenvalue weighted by molar-refractivity contribution is 7.13. The van der Waals surface area contributed by atoms with Crippen molar-refractivity contribution in [2.45, 2.75) is 6.92 Å². The van der Waals surface area contributed by atoms with Gasteiger partial charge in [-0.2, -0.15) is 0 Å². The summed E-state index contributed by atoms with van der Waals surface area (Å²) in [7, 11) is 0. The van der Waals surface area contributed by atoms with Crippen LogP contribution < -0.4 is 10.6 Å². The van der Waals surface area contributed by atoms with Crippen molar-refractivity contribution >= 4 is 34.0 Å². The number of nitrogens with zero attached hydrogens (tertiary/aromatic N) is 1. The maximum absolute atomic E-state index is 12.0. The van der Waals surface area contributed by atoms with Crippen molar-refractivity contribution in [1.29, 1.82) is 0 Å². The number of amides is 2. The maximum atomic E-state index is 12.0. The van der Waals surface area contributed by atoms with Crippen molar-refractivity contribution in [2.75, 3.05) is 10.6 Å². The smallest absolute Gasteiger partial charge is 0.259 e. The van der Waals surface area contributed by atoms with Crippen molar-refractivity contribution in [3.8, 4) is 0 Å². The van der Waals surface area contributed by atoms with E-state index in [4.69, 9.17) is 0 Å². The fourth-order valence-corrected chi connectivity index (χ4v) is 1.95. The molecule has 92 valence electrons. The summed E-state index contributed by atoms with van der Waals surface area (Å²) in [5, 5.41) is 7.58. The van der Waals surface area contributed by atoms with Gasteiger partial charge in [0.1, 0.15) is 0 Å². The predicted molar refractivity (Wildman–Crippen MR) is 70.8 cm³/mol. The number of carbonyl (C=O) groups excluding carboxylic acids is 2. The Morgan fingerprint density at radius 3 is 2.67 bits per heavy atom. The van der Waals surface area contributed by atoms with E-state index in [1.165, 1.54) is 18.3 Å². The van der Waals surface area contributed by atoms with E-state index >= 15 is 0 Å². The van der Waals surface area contributed by atoms with Crippen LogP contribution in [0.25, 0.3) is 0 Å². The first-order valence-corrected chi connectivity index (χ1v) is 6.12. The van der Waals surface area contributed by atoms with Gasteiger partial charge in [0, 0.05) is 18.5 Å². The van der Waals surface area contributed by atoms with E-state index in [9.17, 15) is 9.59 Å². The van der Waals surface area contributed by atoms with Crippen LogP contribution >= 0.6 is 11.3 Å². The lowest BCUT2D eigenvalue weighted by Gasteiger charge is -2.08. The first-order chi connectivity index (χ1) is 8.66. The van der Waals surface area contributed by atoms with E-state index in [1.54, 1.807) is 35.8 Å². The zero-order chi connectivity index (χ0) is 13.0. The third-order valence-electron chi connectivity index (χ3n) is 2.14. The number of hydrogen-bond acceptors (Lipinski definition) is 4. The molecule has 0 aliphatic carbocycles. The number of thiazole rings is 1. The number of hydrogen-bond donors (Lipinski definition) is 2. The number of para-hydroxylation sites is 1. The first kappa shape index (κ1) is 12.3. The first-order valence-electron chi connectivity index (χ1n) is 5.24. The van der Waals surface area contributed by atoms with Gasteiger partial charge >= 0.3 is 0 Å². The van der Waals surface area contributed by atoms with Gasteiger partial charge < -0.3 is 5.32 Å². The van der Waals surface area contributed by atoms with Gasteiger partial charge in [0.05, 0.1) is 11.3 Å². The summed E-state index contributed by atoms with van der Waals surface area (Å²) in [5.41, 5.74) is 0.891. The topological polar surface area (TPSA) is 71.1 Å². The molecule has 2 rings (SSSR count). The number of anilines is 2. The molecule has 1 aromatic carbocycles. The molecular weight excluding hydrogens is 250 g/mol. The lowest BCUT2D eigenvalue weighted by Crippen LogP contribution is -2.16. The number of benzene rings is 1. The fourth-order valence-electron chi connectivity index (χ4n) is 1.43. The lowest BCUT2D eigenvalue weighted by atomic mass is 10.1. The van der Waals surface area contributed by atoms with E-state index < -0.39 is 0 Å². The van der Waals surface area contributed by atoms with Crippen LogP contribution in [0.1, 0.15) is 17.3 Å². The van der Waals surface area contributed by atoms with Gasteiger partial charge in [0.2, 0.25) is 5.91 Å². The van der Waals surface area contributed by atoms with Gasteiger partial charge in [-0.1, -0.05) is 12.1 Å². The second-order valence-electron chi connectivity index (χ2n) is 3.52. The van der Waals surface area contributed by atoms with Crippen molar-refractivity contribution in [1.82, 2.24) is 4.98 Å². The monoisotopic (exact) mass is 261 g/mol. The molecule has 1 aromatic heterocycles. The van der Waals surface area contributed by atoms with Crippen molar-refractivity contribution in [2.24, 2.45) is 0 Å². The Bertz CT molecular complexity index is 566. The normalized spacial score (nSPS) is 9.83. The number of carbonyl (C=O) groups is 2. The second-order valence-corrected chi connectivity index (χ2v) is 4.41. The zero-order valence-electron chi connectivity index (χ0n) is 9.64. The van der Waals surface area contributed by atoms with Gasteiger partial charge in [-0.15, -0.1) is 11.3 Å². The molecule has 0 unspecified atom stereocenters. The third kappa shape index (κ3) is 2.92. The van der Waals surface area contributed by atoms with E-state index in [1.807, 2.05) is 0 Å². The Hall–Kier alpha value is -2.21. The minimum atomic E-state index is -0.297. The molecule has 0 bridgehead atoms. The van der Waals surface area contributed by atoms with Crippen LogP contribution in [0.5, 0.6) is 0 Å². The summed E-state index contributed by atoms with van der Waals surface area (Å²) in [4.78, 5) is 27.0. The predicted octanol–water partition coefficient (Wildman–Crippen LogP) is 2.35. The van der Waals surface area contributed by atoms with Gasteiger partial charge in [-0.05, 0) is 12.1 Å². The van der Waals surface area contributed by atoms with Crippen molar-refractivity contribution in [3.63, 3.8) is 0 Å². The van der Waals surface area contributed by atoms with Crippen LogP contribution in [-0.4, -0.2) is 16.8 Å². The molecule has 0 aliphatic rings. The van der Waals surface area contributed by atoms with Gasteiger partial charge in [-0.25, -0.2) is 4.98 Å². The molecule has 2 N–H and O–H groups in total. The highest BCUT2D eigenvalue weighted by atomic mass is 32.1. The number of rotatable bonds is 3. The standard InChI is InChI=1S/C12H11N3O2S/c1-8(16)14-10-5-3-2-4-9(10)11(17)15-12-13-6-7-18-12/h2-7H,1H3,(H,14,16)(H,13,15,17). The van der Waals surface area contributed by atoms with E-state index in [-0.39, 0.29) is 11.8 Å². The molecule has 0 fully saturated rings. The van der Waals surface area contributed by atoms with Gasteiger partial charge in [-0.3, -0.25) is 14.9 Å². The SMILES string of the molecule is CC(=O)Nc1ccccc1C(=O)Nc1nccs1. The van der Waals surface area contributed by atoms with Gasteiger partial charge in [0.15, 0.2) is 5.13 Å². The molecule has 18 heavy (non-hydrogen) atoms. The Morgan fingerprint density at radius 1 is 1.22 bits per heavy atom. The Morgan fingerprint density at radius 2 is 2.00 bits per heavy atom. The average molecular weight is 261 g/mol. The Kier molecular flexibility index (Phi) is 3.69. The summed E-state index contributed by atoms with van der Waals surface area (Å²) in [6.07, 6.45) is 1.61. The molecule has 5 nitrogen and oxygen atoms in total. The molecular formula is C12H11N3O2S. The van der Waals surface area contributed by atoms with Crippen LogP contribution in [0, 0.1) is 0 Å². The molecule has 0 saturated heterocycles. The molecule has 0 aliphatic heterocycles. The van der Waals surface area contributed by atoms with Crippen LogP contribution in [0.15, 0.2) is 35.8 Å². The number of aromatic nitrogens is 1. The average Bonchev–Trinajstić information content (AvgIpc) is 2.81. The van der Waals surface area contributed by atoms with Crippen LogP contribution in [0.4, 0.5) is 10.8 Å². The minimum absolute atomic E-state index is 0.218. The van der Waals surface area contributed by atoms with Crippen LogP contribution in [-0.2, 0) is 4.79 Å². The van der Waals surface area contributed by atoms with Crippen molar-refractivity contribution < 1.29 is 9.59 Å². The molecule has 0 saturated carbocycles. The summed E-state index contributed by atoms with van der Waals surface area (Å²) in [5.74, 6) is -0.515. The Labute approximate surface area is 108 Å². The third-order valence-corrected chi connectivity index (χ3v) is 2.82. The Balaban J connectivity index is 2.21.